The van der Waals surface area contributed by atoms with Crippen molar-refractivity contribution in [3.63, 3.8) is 0 Å². The molecule has 6 aliphatic rings. The number of hydrogen-bond acceptors (Lipinski definition) is 23. The third-order valence-electron chi connectivity index (χ3n) is 22.8. The number of ether oxygens (including phenoxy) is 6. The summed E-state index contributed by atoms with van der Waals surface area (Å²) in [6, 6.07) is 6.97. The molecular weight excluding hydrogens is 1690 g/mol. The highest BCUT2D eigenvalue weighted by Crippen LogP contribution is 2.48. The lowest BCUT2D eigenvalue weighted by Crippen LogP contribution is -2.59. The number of nitrogens with zero attached hydrogens (tertiary/aromatic N) is 5. The molecule has 2 saturated heterocycles. The summed E-state index contributed by atoms with van der Waals surface area (Å²) in [5.74, 6) is -3.24. The minimum Gasteiger partial charge on any atom is -0.488 e. The van der Waals surface area contributed by atoms with E-state index in [0.29, 0.717) is 64.5 Å². The Morgan fingerprint density at radius 1 is 0.621 bits per heavy atom. The van der Waals surface area contributed by atoms with Gasteiger partial charge >= 0.3 is 24.1 Å². The number of ketones is 2. The molecule has 124 heavy (non-hydrogen) atoms. The number of rotatable bonds is 25. The van der Waals surface area contributed by atoms with E-state index in [9.17, 15) is 52.7 Å². The van der Waals surface area contributed by atoms with Gasteiger partial charge in [0.25, 0.3) is 0 Å². The molecule has 32 heteroatoms. The smallest absolute Gasteiger partial charge is 0.408 e. The molecule has 4 aliphatic carbocycles. The first kappa shape index (κ1) is 99.9. The summed E-state index contributed by atoms with van der Waals surface area (Å²) in [4.78, 5) is 164. The van der Waals surface area contributed by atoms with E-state index >= 15 is 0 Å². The van der Waals surface area contributed by atoms with E-state index in [1.165, 1.54) is 35.4 Å². The summed E-state index contributed by atoms with van der Waals surface area (Å²) < 4.78 is 34.8. The molecule has 7 amide bonds. The normalized spacial score (nSPS) is 21.6. The van der Waals surface area contributed by atoms with Crippen LogP contribution in [0.25, 0.3) is 33.2 Å². The summed E-state index contributed by atoms with van der Waals surface area (Å²) in [5, 5.41) is 26.0. The van der Waals surface area contributed by atoms with Gasteiger partial charge in [-0.2, -0.15) is 0 Å². The second-order valence-electron chi connectivity index (χ2n) is 38.2. The average molecular weight is 1820 g/mol. The van der Waals surface area contributed by atoms with E-state index in [1.54, 1.807) is 32.1 Å². The minimum atomic E-state index is -1.29. The van der Waals surface area contributed by atoms with Crippen molar-refractivity contribution in [2.24, 2.45) is 39.2 Å². The summed E-state index contributed by atoms with van der Waals surface area (Å²) in [7, 11) is 2.52. The number of pyridine rings is 2. The van der Waals surface area contributed by atoms with E-state index in [2.05, 4.69) is 72.9 Å². The SMILES string of the molecule is C=C[C@@H]1C[C@]1(NC(=O)[C@@H]1C[C@@H](Oc2cc(-c3csc(CC(=O)CC(C)(C)C)n3)nc3c(C)c(C)ccc23)CN1C(=O)[C@@H](NC(=O)OC1CCCC1)C(C)(C)C)C(=O)OC.C=C[C@@H]1C[C@]1(NC(=O)[C@@H]1C[C@@H](Oc2cc(C(=O)CBr)nc3c(C)c(C)ccc23)CN1C(=O)[C@@H](NC(=O)OC1CCCC1)C(C)(C)C)C(=O)OC.CC(C)(C)CC(=O)NC(N)=S.CC(C)O. The van der Waals surface area contributed by atoms with E-state index in [1.807, 2.05) is 146 Å². The molecule has 10 atom stereocenters. The van der Waals surface area contributed by atoms with Crippen LogP contribution in [0, 0.1) is 61.2 Å². The highest BCUT2D eigenvalue weighted by atomic mass is 79.9. The molecule has 8 N–H and O–H groups in total. The molecule has 4 saturated carbocycles. The van der Waals surface area contributed by atoms with Gasteiger partial charge in [-0.15, -0.1) is 24.5 Å². The van der Waals surface area contributed by atoms with Crippen molar-refractivity contribution < 1.29 is 86.3 Å². The van der Waals surface area contributed by atoms with Crippen LogP contribution in [0.4, 0.5) is 9.59 Å². The number of likely N-dealkylation sites (tertiary alicyclic amines) is 2. The summed E-state index contributed by atoms with van der Waals surface area (Å²) >= 11 is 9.15. The van der Waals surface area contributed by atoms with Crippen molar-refractivity contribution in [1.82, 2.24) is 51.3 Å². The van der Waals surface area contributed by atoms with Gasteiger partial charge in [-0.3, -0.25) is 33.6 Å². The fraction of sp³-hybridized carbons (Fsp3) is 0.598. The number of methoxy groups -OCH3 is 2. The average Bonchev–Trinajstić information content (AvgIpc) is 1.57. The number of nitrogens with two attached hydrogens (primary N) is 1. The lowest BCUT2D eigenvalue weighted by atomic mass is 9.85. The number of thiocarbonyl (C=S) groups is 1. The maximum Gasteiger partial charge on any atom is 0.408 e. The van der Waals surface area contributed by atoms with Crippen LogP contribution in [0.3, 0.4) is 0 Å². The van der Waals surface area contributed by atoms with Crippen LogP contribution in [-0.2, 0) is 63.7 Å². The molecular formula is C92H128BrN11O18S2. The number of Topliss-reactive ketones (excluding diaryl/α,β-unsaturated/α-hetero) is 2. The van der Waals surface area contributed by atoms with Crippen molar-refractivity contribution in [1.29, 1.82) is 0 Å². The molecule has 2 aliphatic heterocycles. The maximum absolute atomic E-state index is 14.7. The number of alkyl halides is 1. The number of carbonyl (C=O) groups excluding carboxylic acids is 11. The molecule has 5 aromatic rings. The van der Waals surface area contributed by atoms with E-state index in [-0.39, 0.29) is 107 Å². The third-order valence-corrected chi connectivity index (χ3v) is 24.2. The zero-order valence-corrected chi connectivity index (χ0v) is 78.8. The van der Waals surface area contributed by atoms with Gasteiger partial charge < -0.3 is 75.6 Å². The molecule has 0 spiro atoms. The van der Waals surface area contributed by atoms with Gasteiger partial charge in [0.2, 0.25) is 29.5 Å². The van der Waals surface area contributed by atoms with Gasteiger partial charge in [-0.05, 0) is 174 Å². The van der Waals surface area contributed by atoms with Gasteiger partial charge in [-0.1, -0.05) is 123 Å². The molecule has 678 valence electrons. The number of aliphatic hydroxyl groups excluding tert-OH is 1. The molecule has 5 heterocycles. The molecule has 0 bridgehead atoms. The zero-order chi connectivity index (χ0) is 92.2. The first-order valence-electron chi connectivity index (χ1n) is 42.5. The topological polar surface area (TPSA) is 395 Å². The van der Waals surface area contributed by atoms with Crippen LogP contribution in [0.2, 0.25) is 0 Å². The third kappa shape index (κ3) is 26.1. The highest BCUT2D eigenvalue weighted by Gasteiger charge is 2.63. The van der Waals surface area contributed by atoms with E-state index in [0.717, 1.165) is 84.5 Å². The summed E-state index contributed by atoms with van der Waals surface area (Å²) in [5.41, 5.74) is 7.51. The summed E-state index contributed by atoms with van der Waals surface area (Å²) in [6.45, 7) is 42.0. The fourth-order valence-corrected chi connectivity index (χ4v) is 17.1. The lowest BCUT2D eigenvalue weighted by molar-refractivity contribution is -0.149. The number of halogens is 1. The standard InChI is InChI=1S/C45H59N5O8S.C37H47BrN4O8.C7H14N2OS.C3H8O/c1-11-27-21-45(27,41(54)56-10)49-39(52)34-19-30(23-50(34)40(53)38(44(7,8)9)48-42(55)58-29-14-12-13-15-29)57-35-20-32(47-37-26(3)25(2)16-17-31(35)37)33-24-59-36(46-33)18-28(51)22-43(4,5)6;1-8-22-17-37(22,34(46)48-7)41-32(44)27-15-24(49-29-16-26(28(43)18-38)39-30-21(3)20(2)13-14-25(29)30)19-42(27)33(45)31(36(4,5)6)40-35(47)50-23-11-9-10-12-23;1-7(2,3)4-5(10)9-6(8)11;1-3(2)4/h11,16-17,20,24,27,29-30,34,38H,1,12-15,18-19,21-23H2,2-10H3,(H,48,55)(H,49,52);8,13-14,16,22-24,27,31H,1,9-12,15,17-19H2,2-7H3,(H,40,47)(H,41,44);4H2,1-3H3,(H3,8,9,10,11);3-4H,1-2H3/t27-,30-,34+,38-,45-;22-,24-,27+,31-,37-;;/m11../s1. The Hall–Kier alpha value is -9.53. The Morgan fingerprint density at radius 2 is 1.03 bits per heavy atom. The Kier molecular flexibility index (Phi) is 33.6. The lowest BCUT2D eigenvalue weighted by Gasteiger charge is -2.35. The highest BCUT2D eigenvalue weighted by molar-refractivity contribution is 9.09. The molecule has 0 radical (unpaired) electrons. The van der Waals surface area contributed by atoms with Gasteiger partial charge in [0.15, 0.2) is 10.9 Å². The Labute approximate surface area is 746 Å². The monoisotopic (exact) mass is 1820 g/mol. The predicted molar refractivity (Wildman–Crippen MR) is 482 cm³/mol. The van der Waals surface area contributed by atoms with Crippen LogP contribution in [0.1, 0.15) is 225 Å². The van der Waals surface area contributed by atoms with Gasteiger partial charge in [-0.25, -0.2) is 34.1 Å². The predicted octanol–water partition coefficient (Wildman–Crippen LogP) is 13.5. The van der Waals surface area contributed by atoms with Crippen LogP contribution in [-0.4, -0.2) is 199 Å². The van der Waals surface area contributed by atoms with Crippen LogP contribution < -0.4 is 41.8 Å². The largest absolute Gasteiger partial charge is 0.488 e. The van der Waals surface area contributed by atoms with Crippen LogP contribution in [0.15, 0.2) is 67.1 Å². The van der Waals surface area contributed by atoms with E-state index < -0.39 is 106 Å². The zero-order valence-electron chi connectivity index (χ0n) is 75.6. The number of aliphatic hydroxyl groups is 1. The van der Waals surface area contributed by atoms with Crippen molar-refractivity contribution in [2.75, 3.05) is 32.6 Å². The minimum absolute atomic E-state index is 0.00462. The van der Waals surface area contributed by atoms with Gasteiger partial charge in [0.05, 0.1) is 55.8 Å². The Bertz CT molecular complexity index is 4820. The van der Waals surface area contributed by atoms with Crippen molar-refractivity contribution >= 4 is 132 Å². The number of aryl methyl sites for hydroxylation is 4. The molecule has 29 nitrogen and oxygen atoms in total. The number of benzene rings is 2. The number of hydrogen-bond donors (Lipinski definition) is 7. The number of carbonyl (C=O) groups is 11. The van der Waals surface area contributed by atoms with E-state index in [4.69, 9.17) is 49.2 Å². The molecule has 3 aromatic heterocycles. The molecule has 2 aromatic carbocycles. The first-order valence-corrected chi connectivity index (χ1v) is 44.9. The van der Waals surface area contributed by atoms with Crippen molar-refractivity contribution in [3.05, 3.63) is 100 Å². The number of fused-ring (bicyclic) bond motifs is 2. The summed E-state index contributed by atoms with van der Waals surface area (Å²) in [6.07, 6.45) is 8.81. The second kappa shape index (κ2) is 41.7. The van der Waals surface area contributed by atoms with Gasteiger partial charge in [0.1, 0.15) is 93.3 Å². The Balaban J connectivity index is 0.000000266. The van der Waals surface area contributed by atoms with Crippen LogP contribution in [0.5, 0.6) is 11.5 Å². The number of nitrogens with one attached hydrogen (secondary N) is 5. The number of amides is 7. The van der Waals surface area contributed by atoms with Crippen molar-refractivity contribution in [2.45, 2.75) is 287 Å². The first-order chi connectivity index (χ1) is 57.9. The maximum atomic E-state index is 14.7. The second-order valence-corrected chi connectivity index (χ2v) is 40.1. The number of esters is 2. The molecule has 11 rings (SSSR count). The quantitative estimate of drug-likeness (QED) is 0.00712. The number of alkyl carbamates (subject to hydrolysis) is 2. The number of aromatic nitrogens is 3. The van der Waals surface area contributed by atoms with Gasteiger partial charge in [0, 0.05) is 71.9 Å². The van der Waals surface area contributed by atoms with Crippen LogP contribution >= 0.6 is 39.5 Å². The molecule has 0 unspecified atom stereocenters. The molecule has 6 fully saturated rings. The fourth-order valence-electron chi connectivity index (χ4n) is 15.9. The van der Waals surface area contributed by atoms with Crippen molar-refractivity contribution in [3.8, 4) is 22.9 Å². The Morgan fingerprint density at radius 3 is 1.40 bits per heavy atom. The number of thiazole rings is 1.